The highest BCUT2D eigenvalue weighted by Gasteiger charge is 2.44. The zero-order chi connectivity index (χ0) is 14.8. The van der Waals surface area contributed by atoms with Crippen molar-refractivity contribution in [2.24, 2.45) is 5.92 Å². The van der Waals surface area contributed by atoms with Crippen molar-refractivity contribution in [3.8, 4) is 0 Å². The van der Waals surface area contributed by atoms with Crippen molar-refractivity contribution in [1.82, 2.24) is 4.90 Å². The Hall–Kier alpha value is -0.440. The first kappa shape index (κ1) is 15.9. The molecule has 0 aliphatic heterocycles. The van der Waals surface area contributed by atoms with Gasteiger partial charge in [-0.25, -0.2) is 0 Å². The lowest BCUT2D eigenvalue weighted by Gasteiger charge is -2.37. The van der Waals surface area contributed by atoms with E-state index in [0.717, 1.165) is 18.4 Å². The van der Waals surface area contributed by atoms with Gasteiger partial charge in [-0.1, -0.05) is 72.1 Å². The maximum atomic E-state index is 12.4. The lowest BCUT2D eigenvalue weighted by molar-refractivity contribution is -0.135. The lowest BCUT2D eigenvalue weighted by Crippen LogP contribution is -2.49. The van der Waals surface area contributed by atoms with E-state index in [0.29, 0.717) is 12.8 Å². The van der Waals surface area contributed by atoms with Gasteiger partial charge in [-0.2, -0.15) is 0 Å². The average molecular weight is 335 g/mol. The van der Waals surface area contributed by atoms with E-state index in [2.05, 4.69) is 0 Å². The number of carbonyl (C=O) groups excluding carboxylic acids is 1. The van der Waals surface area contributed by atoms with Crippen molar-refractivity contribution >= 4 is 40.7 Å². The Morgan fingerprint density at radius 2 is 1.95 bits per heavy atom. The fourth-order valence-corrected chi connectivity index (χ4v) is 3.04. The maximum absolute atomic E-state index is 12.4. The largest absolute Gasteiger partial charge is 0.294 e. The van der Waals surface area contributed by atoms with E-state index in [1.807, 2.05) is 37.3 Å². The summed E-state index contributed by atoms with van der Waals surface area (Å²) in [5, 5.41) is 0. The highest BCUT2D eigenvalue weighted by molar-refractivity contribution is 6.49. The molecule has 0 spiro atoms. The standard InChI is InChI=1S/C15H18Cl3NO/c1-2-15(17,18)19(14(20)12-8-9-12)13(16)10-11-6-4-3-5-7-11/h3-7,12-13H,2,8-10H2,1H3. The predicted octanol–water partition coefficient (Wildman–Crippen LogP) is 4.57. The van der Waals surface area contributed by atoms with Gasteiger partial charge in [0.05, 0.1) is 0 Å². The Bertz CT molecular complexity index is 459. The van der Waals surface area contributed by atoms with Crippen LogP contribution in [0.2, 0.25) is 0 Å². The molecule has 2 nitrogen and oxygen atoms in total. The van der Waals surface area contributed by atoms with Crippen LogP contribution in [0.25, 0.3) is 0 Å². The highest BCUT2D eigenvalue weighted by atomic mass is 35.5. The first-order valence-corrected chi connectivity index (χ1v) is 8.04. The van der Waals surface area contributed by atoms with E-state index < -0.39 is 9.96 Å². The van der Waals surface area contributed by atoms with Gasteiger partial charge in [0.25, 0.3) is 0 Å². The molecule has 110 valence electrons. The van der Waals surface area contributed by atoms with Crippen LogP contribution in [-0.2, 0) is 11.2 Å². The molecule has 20 heavy (non-hydrogen) atoms. The van der Waals surface area contributed by atoms with Crippen molar-refractivity contribution in [2.75, 3.05) is 0 Å². The van der Waals surface area contributed by atoms with Crippen molar-refractivity contribution < 1.29 is 4.79 Å². The molecule has 0 saturated heterocycles. The second-order valence-corrected chi connectivity index (χ2v) is 7.07. The minimum absolute atomic E-state index is 0.0345. The van der Waals surface area contributed by atoms with Crippen LogP contribution in [0, 0.1) is 5.92 Å². The fraction of sp³-hybridized carbons (Fsp3) is 0.533. The van der Waals surface area contributed by atoms with Gasteiger partial charge in [0, 0.05) is 12.3 Å². The maximum Gasteiger partial charge on any atom is 0.229 e. The molecular weight excluding hydrogens is 317 g/mol. The molecule has 1 amide bonds. The molecule has 1 atom stereocenters. The summed E-state index contributed by atoms with van der Waals surface area (Å²) in [6, 6.07) is 9.79. The molecule has 1 saturated carbocycles. The number of halogens is 3. The molecule has 0 radical (unpaired) electrons. The fourth-order valence-electron chi connectivity index (χ4n) is 2.10. The van der Waals surface area contributed by atoms with Crippen molar-refractivity contribution in [1.29, 1.82) is 0 Å². The molecule has 5 heteroatoms. The second kappa shape index (κ2) is 6.55. The van der Waals surface area contributed by atoms with Crippen LogP contribution in [0.15, 0.2) is 30.3 Å². The zero-order valence-corrected chi connectivity index (χ0v) is 13.6. The van der Waals surface area contributed by atoms with Gasteiger partial charge in [0.2, 0.25) is 5.91 Å². The summed E-state index contributed by atoms with van der Waals surface area (Å²) in [7, 11) is 0. The van der Waals surface area contributed by atoms with Gasteiger partial charge in [0.1, 0.15) is 5.50 Å². The molecule has 0 heterocycles. The number of rotatable bonds is 6. The number of hydrogen-bond acceptors (Lipinski definition) is 1. The zero-order valence-electron chi connectivity index (χ0n) is 11.4. The molecular formula is C15H18Cl3NO. The molecule has 1 unspecified atom stereocenters. The van der Waals surface area contributed by atoms with Gasteiger partial charge in [-0.15, -0.1) is 0 Å². The first-order chi connectivity index (χ1) is 9.45. The Morgan fingerprint density at radius 1 is 1.35 bits per heavy atom. The normalized spacial score (nSPS) is 16.8. The van der Waals surface area contributed by atoms with E-state index in [9.17, 15) is 4.79 Å². The number of nitrogens with zero attached hydrogens (tertiary/aromatic N) is 1. The van der Waals surface area contributed by atoms with Crippen LogP contribution in [0.3, 0.4) is 0 Å². The van der Waals surface area contributed by atoms with Gasteiger partial charge in [-0.05, 0) is 24.8 Å². The summed E-state index contributed by atoms with van der Waals surface area (Å²) in [6.45, 7) is 1.85. The number of hydrogen-bond donors (Lipinski definition) is 0. The molecule has 0 N–H and O–H groups in total. The van der Waals surface area contributed by atoms with E-state index in [-0.39, 0.29) is 11.8 Å². The summed E-state index contributed by atoms with van der Waals surface area (Å²) >= 11 is 19.0. The van der Waals surface area contributed by atoms with Gasteiger partial charge in [0.15, 0.2) is 4.46 Å². The Kier molecular flexibility index (Phi) is 5.22. The Morgan fingerprint density at radius 3 is 2.45 bits per heavy atom. The molecule has 2 rings (SSSR count). The van der Waals surface area contributed by atoms with Crippen molar-refractivity contribution in [3.05, 3.63) is 35.9 Å². The summed E-state index contributed by atoms with van der Waals surface area (Å²) in [5.41, 5.74) is 0.516. The van der Waals surface area contributed by atoms with Crippen LogP contribution in [0.5, 0.6) is 0 Å². The van der Waals surface area contributed by atoms with E-state index in [1.165, 1.54) is 4.90 Å². The summed E-state index contributed by atoms with van der Waals surface area (Å²) in [6.07, 6.45) is 2.77. The quantitative estimate of drug-likeness (QED) is 0.551. The monoisotopic (exact) mass is 333 g/mol. The van der Waals surface area contributed by atoms with Gasteiger partial charge < -0.3 is 0 Å². The van der Waals surface area contributed by atoms with E-state index in [4.69, 9.17) is 34.8 Å². The van der Waals surface area contributed by atoms with Crippen molar-refractivity contribution in [3.63, 3.8) is 0 Å². The SMILES string of the molecule is CCC(Cl)(Cl)N(C(=O)C1CC1)C(Cl)Cc1ccccc1. The minimum Gasteiger partial charge on any atom is -0.294 e. The third-order valence-electron chi connectivity index (χ3n) is 3.47. The third-order valence-corrected chi connectivity index (χ3v) is 4.72. The average Bonchev–Trinajstić information content (AvgIpc) is 3.24. The predicted molar refractivity (Wildman–Crippen MR) is 84.1 cm³/mol. The molecule has 1 aliphatic carbocycles. The molecule has 1 fully saturated rings. The first-order valence-electron chi connectivity index (χ1n) is 6.84. The van der Waals surface area contributed by atoms with Crippen molar-refractivity contribution in [2.45, 2.75) is 42.6 Å². The Balaban J connectivity index is 2.15. The van der Waals surface area contributed by atoms with E-state index >= 15 is 0 Å². The molecule has 1 aromatic carbocycles. The van der Waals surface area contributed by atoms with Crippen LogP contribution in [0.1, 0.15) is 31.7 Å². The number of alkyl halides is 3. The van der Waals surface area contributed by atoms with Gasteiger partial charge >= 0.3 is 0 Å². The van der Waals surface area contributed by atoms with Crippen LogP contribution in [0.4, 0.5) is 0 Å². The summed E-state index contributed by atoms with van der Waals surface area (Å²) in [4.78, 5) is 13.9. The topological polar surface area (TPSA) is 20.3 Å². The summed E-state index contributed by atoms with van der Waals surface area (Å²) in [5.74, 6) is 0.00299. The molecule has 1 aliphatic rings. The molecule has 0 aromatic heterocycles. The number of amides is 1. The number of carbonyl (C=O) groups is 1. The van der Waals surface area contributed by atoms with Crippen LogP contribution >= 0.6 is 34.8 Å². The smallest absolute Gasteiger partial charge is 0.229 e. The number of benzene rings is 1. The summed E-state index contributed by atoms with van der Waals surface area (Å²) < 4.78 is -1.25. The second-order valence-electron chi connectivity index (χ2n) is 5.13. The molecule has 1 aromatic rings. The Labute approximate surface area is 135 Å². The van der Waals surface area contributed by atoms with Gasteiger partial charge in [-0.3, -0.25) is 9.69 Å². The van der Waals surface area contributed by atoms with Crippen LogP contribution < -0.4 is 0 Å². The highest BCUT2D eigenvalue weighted by Crippen LogP contribution is 2.40. The van der Waals surface area contributed by atoms with Crippen LogP contribution in [-0.4, -0.2) is 20.8 Å². The van der Waals surface area contributed by atoms with E-state index in [1.54, 1.807) is 0 Å². The lowest BCUT2D eigenvalue weighted by atomic mass is 10.1. The minimum atomic E-state index is -1.25. The molecule has 0 bridgehead atoms. The third kappa shape index (κ3) is 3.81.